The SMILES string of the molecule is COc1ccc(CCCC(=O)N2C[C@@H](C)N[C@H](C)C2)cc1. The van der Waals surface area contributed by atoms with E-state index in [1.54, 1.807) is 7.11 Å². The summed E-state index contributed by atoms with van der Waals surface area (Å²) in [6.45, 7) is 5.91. The van der Waals surface area contributed by atoms with Gasteiger partial charge in [-0.05, 0) is 44.4 Å². The summed E-state index contributed by atoms with van der Waals surface area (Å²) in [5.41, 5.74) is 1.26. The molecule has 0 radical (unpaired) electrons. The maximum absolute atomic E-state index is 12.3. The van der Waals surface area contributed by atoms with Crippen LogP contribution in [0.3, 0.4) is 0 Å². The van der Waals surface area contributed by atoms with Crippen LogP contribution in [0, 0.1) is 0 Å². The topological polar surface area (TPSA) is 41.6 Å². The van der Waals surface area contributed by atoms with Crippen molar-refractivity contribution < 1.29 is 9.53 Å². The standard InChI is InChI=1S/C17H26N2O2/c1-13-11-19(12-14(2)18-13)17(20)6-4-5-15-7-9-16(21-3)10-8-15/h7-10,13-14,18H,4-6,11-12H2,1-3H3/t13-,14-/m1/s1. The summed E-state index contributed by atoms with van der Waals surface area (Å²) in [6.07, 6.45) is 2.47. The Morgan fingerprint density at radius 2 is 1.86 bits per heavy atom. The molecular weight excluding hydrogens is 264 g/mol. The number of carbonyl (C=O) groups is 1. The molecular formula is C17H26N2O2. The fraction of sp³-hybridized carbons (Fsp3) is 0.588. The minimum absolute atomic E-state index is 0.281. The van der Waals surface area contributed by atoms with E-state index in [1.165, 1.54) is 5.56 Å². The van der Waals surface area contributed by atoms with Crippen molar-refractivity contribution >= 4 is 5.91 Å². The van der Waals surface area contributed by atoms with Gasteiger partial charge < -0.3 is 15.0 Å². The molecule has 2 atom stereocenters. The second kappa shape index (κ2) is 7.46. The maximum Gasteiger partial charge on any atom is 0.222 e. The lowest BCUT2D eigenvalue weighted by molar-refractivity contribution is -0.133. The minimum Gasteiger partial charge on any atom is -0.497 e. The lowest BCUT2D eigenvalue weighted by atomic mass is 10.1. The van der Waals surface area contributed by atoms with Gasteiger partial charge in [-0.15, -0.1) is 0 Å². The Bertz CT molecular complexity index is 448. The first-order valence-corrected chi connectivity index (χ1v) is 7.75. The van der Waals surface area contributed by atoms with Crippen LogP contribution >= 0.6 is 0 Å². The van der Waals surface area contributed by atoms with Crippen molar-refractivity contribution in [2.24, 2.45) is 0 Å². The van der Waals surface area contributed by atoms with Gasteiger partial charge >= 0.3 is 0 Å². The van der Waals surface area contributed by atoms with Crippen LogP contribution < -0.4 is 10.1 Å². The van der Waals surface area contributed by atoms with E-state index in [4.69, 9.17) is 4.74 Å². The maximum atomic E-state index is 12.3. The van der Waals surface area contributed by atoms with Crippen molar-refractivity contribution in [3.63, 3.8) is 0 Å². The van der Waals surface area contributed by atoms with Crippen LogP contribution in [0.2, 0.25) is 0 Å². The summed E-state index contributed by atoms with van der Waals surface area (Å²) in [7, 11) is 1.67. The van der Waals surface area contributed by atoms with Gasteiger partial charge in [-0.3, -0.25) is 4.79 Å². The number of benzene rings is 1. The van der Waals surface area contributed by atoms with E-state index < -0.39 is 0 Å². The first-order chi connectivity index (χ1) is 10.1. The lowest BCUT2D eigenvalue weighted by Gasteiger charge is -2.36. The van der Waals surface area contributed by atoms with Crippen molar-refractivity contribution in [1.82, 2.24) is 10.2 Å². The molecule has 1 heterocycles. The third-order valence-electron chi connectivity index (χ3n) is 3.93. The Morgan fingerprint density at radius 1 is 1.24 bits per heavy atom. The third kappa shape index (κ3) is 4.74. The summed E-state index contributed by atoms with van der Waals surface area (Å²) < 4.78 is 5.14. The van der Waals surface area contributed by atoms with Gasteiger partial charge in [-0.2, -0.15) is 0 Å². The van der Waals surface area contributed by atoms with Gasteiger partial charge in [-0.25, -0.2) is 0 Å². The molecule has 21 heavy (non-hydrogen) atoms. The Kier molecular flexibility index (Phi) is 5.62. The van der Waals surface area contributed by atoms with Gasteiger partial charge in [-0.1, -0.05) is 12.1 Å². The predicted octanol–water partition coefficient (Wildman–Crippen LogP) is 2.23. The average Bonchev–Trinajstić information content (AvgIpc) is 2.47. The second-order valence-electron chi connectivity index (χ2n) is 5.97. The van der Waals surface area contributed by atoms with E-state index in [0.717, 1.165) is 31.7 Å². The zero-order valence-corrected chi connectivity index (χ0v) is 13.3. The van der Waals surface area contributed by atoms with E-state index in [9.17, 15) is 4.79 Å². The second-order valence-corrected chi connectivity index (χ2v) is 5.97. The normalized spacial score (nSPS) is 22.1. The Hall–Kier alpha value is -1.55. The number of rotatable bonds is 5. The molecule has 4 heteroatoms. The average molecular weight is 290 g/mol. The number of nitrogens with one attached hydrogen (secondary N) is 1. The van der Waals surface area contributed by atoms with Crippen LogP contribution in [0.4, 0.5) is 0 Å². The van der Waals surface area contributed by atoms with E-state index in [2.05, 4.69) is 31.3 Å². The van der Waals surface area contributed by atoms with Gasteiger partial charge in [0.1, 0.15) is 5.75 Å². The largest absolute Gasteiger partial charge is 0.497 e. The van der Waals surface area contributed by atoms with Gasteiger partial charge in [0.2, 0.25) is 5.91 Å². The molecule has 1 amide bonds. The highest BCUT2D eigenvalue weighted by molar-refractivity contribution is 5.76. The number of nitrogens with zero attached hydrogens (tertiary/aromatic N) is 1. The molecule has 1 saturated heterocycles. The smallest absolute Gasteiger partial charge is 0.222 e. The number of aryl methyl sites for hydroxylation is 1. The van der Waals surface area contributed by atoms with Crippen molar-refractivity contribution in [3.8, 4) is 5.75 Å². The van der Waals surface area contributed by atoms with Crippen LogP contribution in [0.1, 0.15) is 32.3 Å². The first kappa shape index (κ1) is 15.8. The molecule has 0 unspecified atom stereocenters. The molecule has 1 aromatic carbocycles. The first-order valence-electron chi connectivity index (χ1n) is 7.75. The molecule has 0 aliphatic carbocycles. The summed E-state index contributed by atoms with van der Waals surface area (Å²) in [5.74, 6) is 1.15. The number of ether oxygens (including phenoxy) is 1. The zero-order chi connectivity index (χ0) is 15.2. The molecule has 0 spiro atoms. The highest BCUT2D eigenvalue weighted by atomic mass is 16.5. The van der Waals surface area contributed by atoms with Crippen LogP contribution in [-0.2, 0) is 11.2 Å². The fourth-order valence-electron chi connectivity index (χ4n) is 2.92. The number of piperazine rings is 1. The molecule has 116 valence electrons. The van der Waals surface area contributed by atoms with Crippen molar-refractivity contribution in [2.45, 2.75) is 45.2 Å². The predicted molar refractivity (Wildman–Crippen MR) is 84.6 cm³/mol. The van der Waals surface area contributed by atoms with Crippen LogP contribution in [0.5, 0.6) is 5.75 Å². The Labute approximate surface area is 127 Å². The molecule has 0 bridgehead atoms. The van der Waals surface area contributed by atoms with Crippen LogP contribution in [0.25, 0.3) is 0 Å². The molecule has 2 rings (SSSR count). The number of hydrogen-bond acceptors (Lipinski definition) is 3. The third-order valence-corrected chi connectivity index (χ3v) is 3.93. The molecule has 1 fully saturated rings. The highest BCUT2D eigenvalue weighted by Crippen LogP contribution is 2.14. The lowest BCUT2D eigenvalue weighted by Crippen LogP contribution is -2.55. The van der Waals surface area contributed by atoms with E-state index in [0.29, 0.717) is 18.5 Å². The van der Waals surface area contributed by atoms with Gasteiger partial charge in [0.25, 0.3) is 0 Å². The molecule has 0 aromatic heterocycles. The number of amides is 1. The number of methoxy groups -OCH3 is 1. The highest BCUT2D eigenvalue weighted by Gasteiger charge is 2.24. The van der Waals surface area contributed by atoms with Gasteiger partial charge in [0.15, 0.2) is 0 Å². The van der Waals surface area contributed by atoms with Crippen molar-refractivity contribution in [3.05, 3.63) is 29.8 Å². The van der Waals surface area contributed by atoms with Crippen LogP contribution in [0.15, 0.2) is 24.3 Å². The molecule has 4 nitrogen and oxygen atoms in total. The quantitative estimate of drug-likeness (QED) is 0.904. The summed E-state index contributed by atoms with van der Waals surface area (Å²) in [5, 5.41) is 3.45. The Balaban J connectivity index is 1.75. The van der Waals surface area contributed by atoms with Gasteiger partial charge in [0.05, 0.1) is 7.11 Å². The van der Waals surface area contributed by atoms with E-state index >= 15 is 0 Å². The van der Waals surface area contributed by atoms with Gasteiger partial charge in [0, 0.05) is 31.6 Å². The van der Waals surface area contributed by atoms with E-state index in [1.807, 2.05) is 17.0 Å². The number of hydrogen-bond donors (Lipinski definition) is 1. The molecule has 0 saturated carbocycles. The molecule has 1 aromatic rings. The minimum atomic E-state index is 0.281. The number of carbonyl (C=O) groups excluding carboxylic acids is 1. The van der Waals surface area contributed by atoms with E-state index in [-0.39, 0.29) is 5.91 Å². The monoisotopic (exact) mass is 290 g/mol. The Morgan fingerprint density at radius 3 is 2.43 bits per heavy atom. The van der Waals surface area contributed by atoms with Crippen molar-refractivity contribution in [1.29, 1.82) is 0 Å². The molecule has 1 N–H and O–H groups in total. The van der Waals surface area contributed by atoms with Crippen molar-refractivity contribution in [2.75, 3.05) is 20.2 Å². The van der Waals surface area contributed by atoms with Crippen LogP contribution in [-0.4, -0.2) is 43.1 Å². The molecule has 1 aliphatic rings. The zero-order valence-electron chi connectivity index (χ0n) is 13.3. The molecule has 1 aliphatic heterocycles. The fourth-order valence-corrected chi connectivity index (χ4v) is 2.92. The summed E-state index contributed by atoms with van der Waals surface area (Å²) >= 11 is 0. The summed E-state index contributed by atoms with van der Waals surface area (Å²) in [4.78, 5) is 14.3. The summed E-state index contributed by atoms with van der Waals surface area (Å²) in [6, 6.07) is 8.85.